The minimum absolute atomic E-state index is 0.120. The molecule has 2 fully saturated rings. The molecule has 2 saturated heterocycles. The monoisotopic (exact) mass is 248 g/mol. The first kappa shape index (κ1) is 11.8. The Balaban J connectivity index is 1.85. The number of aromatic hydroxyl groups is 1. The van der Waals surface area contributed by atoms with Crippen molar-refractivity contribution in [1.29, 1.82) is 0 Å². The number of rotatable bonds is 2. The zero-order chi connectivity index (χ0) is 12.4. The first-order valence-corrected chi connectivity index (χ1v) is 6.90. The third-order valence-electron chi connectivity index (χ3n) is 3.84. The van der Waals surface area contributed by atoms with Gasteiger partial charge in [-0.15, -0.1) is 0 Å². The number of ether oxygens (including phenoxy) is 1. The van der Waals surface area contributed by atoms with Gasteiger partial charge in [-0.1, -0.05) is 0 Å². The fraction of sp³-hybridized carbons (Fsp3) is 0.643. The number of hydrogen-bond donors (Lipinski definition) is 1. The van der Waals surface area contributed by atoms with Gasteiger partial charge in [0.05, 0.1) is 23.7 Å². The van der Waals surface area contributed by atoms with Crippen molar-refractivity contribution in [3.63, 3.8) is 0 Å². The van der Waals surface area contributed by atoms with Crippen LogP contribution in [-0.2, 0) is 4.74 Å². The van der Waals surface area contributed by atoms with Crippen molar-refractivity contribution >= 4 is 5.69 Å². The Hall–Kier alpha value is -1.29. The first-order chi connectivity index (χ1) is 8.84. The summed E-state index contributed by atoms with van der Waals surface area (Å²) in [6.45, 7) is 2.89. The lowest BCUT2D eigenvalue weighted by Gasteiger charge is -2.29. The van der Waals surface area contributed by atoms with Crippen LogP contribution in [0.2, 0.25) is 0 Å². The molecule has 2 aliphatic rings. The SMILES string of the molecule is Oc1cnc(C2CCCO2)cc1N1CCCCC1. The number of anilines is 1. The van der Waals surface area contributed by atoms with Gasteiger partial charge >= 0.3 is 0 Å². The van der Waals surface area contributed by atoms with Crippen molar-refractivity contribution < 1.29 is 9.84 Å². The highest BCUT2D eigenvalue weighted by atomic mass is 16.5. The molecule has 18 heavy (non-hydrogen) atoms. The molecule has 2 aliphatic heterocycles. The molecule has 1 aromatic heterocycles. The third kappa shape index (κ3) is 2.29. The molecule has 1 atom stereocenters. The van der Waals surface area contributed by atoms with Gasteiger partial charge in [0.1, 0.15) is 0 Å². The van der Waals surface area contributed by atoms with Crippen molar-refractivity contribution in [2.24, 2.45) is 0 Å². The van der Waals surface area contributed by atoms with Crippen LogP contribution in [0.4, 0.5) is 5.69 Å². The van der Waals surface area contributed by atoms with Crippen LogP contribution < -0.4 is 4.90 Å². The zero-order valence-electron chi connectivity index (χ0n) is 10.6. The molecule has 98 valence electrons. The van der Waals surface area contributed by atoms with Gasteiger partial charge in [-0.2, -0.15) is 0 Å². The van der Waals surface area contributed by atoms with Crippen LogP contribution in [0.3, 0.4) is 0 Å². The molecule has 0 aromatic carbocycles. The lowest BCUT2D eigenvalue weighted by atomic mass is 10.1. The van der Waals surface area contributed by atoms with Gasteiger partial charge in [0.2, 0.25) is 0 Å². The summed E-state index contributed by atoms with van der Waals surface area (Å²) in [5.74, 6) is 0.290. The molecule has 3 rings (SSSR count). The molecule has 0 saturated carbocycles. The number of piperidine rings is 1. The van der Waals surface area contributed by atoms with Crippen molar-refractivity contribution in [2.45, 2.75) is 38.2 Å². The maximum absolute atomic E-state index is 9.99. The van der Waals surface area contributed by atoms with E-state index in [-0.39, 0.29) is 6.10 Å². The summed E-state index contributed by atoms with van der Waals surface area (Å²) in [6.07, 6.45) is 7.54. The molecular formula is C14H20N2O2. The molecule has 0 amide bonds. The second-order valence-corrected chi connectivity index (χ2v) is 5.15. The van der Waals surface area contributed by atoms with E-state index in [1.165, 1.54) is 19.3 Å². The summed E-state index contributed by atoms with van der Waals surface area (Å²) >= 11 is 0. The summed E-state index contributed by atoms with van der Waals surface area (Å²) in [5, 5.41) is 9.99. The average molecular weight is 248 g/mol. The highest BCUT2D eigenvalue weighted by Crippen LogP contribution is 2.34. The van der Waals surface area contributed by atoms with Crippen LogP contribution in [0, 0.1) is 0 Å². The van der Waals surface area contributed by atoms with E-state index in [2.05, 4.69) is 9.88 Å². The smallest absolute Gasteiger partial charge is 0.157 e. The summed E-state index contributed by atoms with van der Waals surface area (Å²) in [7, 11) is 0. The fourth-order valence-corrected chi connectivity index (χ4v) is 2.83. The number of pyridine rings is 1. The number of aromatic nitrogens is 1. The first-order valence-electron chi connectivity index (χ1n) is 6.90. The normalized spacial score (nSPS) is 24.4. The summed E-state index contributed by atoms with van der Waals surface area (Å²) < 4.78 is 5.66. The van der Waals surface area contributed by atoms with Crippen molar-refractivity contribution in [3.8, 4) is 5.75 Å². The number of hydrogen-bond acceptors (Lipinski definition) is 4. The Labute approximate surface area is 108 Å². The predicted molar refractivity (Wildman–Crippen MR) is 69.9 cm³/mol. The standard InChI is InChI=1S/C14H20N2O2/c17-13-10-15-11(14-5-4-8-18-14)9-12(13)16-6-2-1-3-7-16/h9-10,14,17H,1-8H2. The Morgan fingerprint density at radius 2 is 2.06 bits per heavy atom. The predicted octanol–water partition coefficient (Wildman–Crippen LogP) is 2.63. The fourth-order valence-electron chi connectivity index (χ4n) is 2.83. The van der Waals surface area contributed by atoms with Crippen LogP contribution in [0.1, 0.15) is 43.9 Å². The molecular weight excluding hydrogens is 228 g/mol. The molecule has 0 aliphatic carbocycles. The van der Waals surface area contributed by atoms with Gasteiger partial charge in [-0.3, -0.25) is 4.98 Å². The summed E-state index contributed by atoms with van der Waals surface area (Å²) in [4.78, 5) is 6.58. The van der Waals surface area contributed by atoms with E-state index in [4.69, 9.17) is 4.74 Å². The van der Waals surface area contributed by atoms with Gasteiger partial charge < -0.3 is 14.7 Å². The molecule has 4 heteroatoms. The molecule has 1 aromatic rings. The molecule has 4 nitrogen and oxygen atoms in total. The minimum atomic E-state index is 0.120. The second kappa shape index (κ2) is 5.14. The molecule has 0 radical (unpaired) electrons. The Kier molecular flexibility index (Phi) is 3.37. The van der Waals surface area contributed by atoms with Crippen LogP contribution in [0.5, 0.6) is 5.75 Å². The van der Waals surface area contributed by atoms with Crippen LogP contribution in [-0.4, -0.2) is 29.8 Å². The second-order valence-electron chi connectivity index (χ2n) is 5.15. The largest absolute Gasteiger partial charge is 0.504 e. The average Bonchev–Trinajstić information content (AvgIpc) is 2.94. The van der Waals surface area contributed by atoms with E-state index < -0.39 is 0 Å². The van der Waals surface area contributed by atoms with E-state index >= 15 is 0 Å². The quantitative estimate of drug-likeness (QED) is 0.874. The van der Waals surface area contributed by atoms with Gasteiger partial charge in [0.25, 0.3) is 0 Å². The number of nitrogens with zero attached hydrogens (tertiary/aromatic N) is 2. The van der Waals surface area contributed by atoms with Crippen LogP contribution >= 0.6 is 0 Å². The van der Waals surface area contributed by atoms with E-state index in [0.717, 1.165) is 43.9 Å². The van der Waals surface area contributed by atoms with Gasteiger partial charge in [0.15, 0.2) is 5.75 Å². The van der Waals surface area contributed by atoms with E-state index in [1.54, 1.807) is 6.20 Å². The molecule has 1 unspecified atom stereocenters. The van der Waals surface area contributed by atoms with Crippen LogP contribution in [0.15, 0.2) is 12.3 Å². The zero-order valence-corrected chi connectivity index (χ0v) is 10.6. The Morgan fingerprint density at radius 1 is 1.22 bits per heavy atom. The molecule has 0 spiro atoms. The molecule has 0 bridgehead atoms. The lowest BCUT2D eigenvalue weighted by Crippen LogP contribution is -2.29. The van der Waals surface area contributed by atoms with E-state index in [0.29, 0.717) is 5.75 Å². The van der Waals surface area contributed by atoms with Crippen molar-refractivity contribution in [1.82, 2.24) is 4.98 Å². The Bertz CT molecular complexity index is 410. The van der Waals surface area contributed by atoms with Gasteiger partial charge in [-0.25, -0.2) is 0 Å². The van der Waals surface area contributed by atoms with E-state index in [9.17, 15) is 5.11 Å². The van der Waals surface area contributed by atoms with Crippen LogP contribution in [0.25, 0.3) is 0 Å². The minimum Gasteiger partial charge on any atom is -0.504 e. The maximum atomic E-state index is 9.99. The van der Waals surface area contributed by atoms with E-state index in [1.807, 2.05) is 6.07 Å². The van der Waals surface area contributed by atoms with Crippen molar-refractivity contribution in [2.75, 3.05) is 24.6 Å². The summed E-state index contributed by atoms with van der Waals surface area (Å²) in [5.41, 5.74) is 1.89. The van der Waals surface area contributed by atoms with Gasteiger partial charge in [0, 0.05) is 19.7 Å². The maximum Gasteiger partial charge on any atom is 0.157 e. The highest BCUT2D eigenvalue weighted by molar-refractivity contribution is 5.58. The van der Waals surface area contributed by atoms with Gasteiger partial charge in [-0.05, 0) is 38.2 Å². The molecule has 1 N–H and O–H groups in total. The topological polar surface area (TPSA) is 45.6 Å². The molecule has 3 heterocycles. The lowest BCUT2D eigenvalue weighted by molar-refractivity contribution is 0.108. The Morgan fingerprint density at radius 3 is 2.78 bits per heavy atom. The third-order valence-corrected chi connectivity index (χ3v) is 3.84. The van der Waals surface area contributed by atoms with Crippen molar-refractivity contribution in [3.05, 3.63) is 18.0 Å². The summed E-state index contributed by atoms with van der Waals surface area (Å²) in [6, 6.07) is 2.01. The highest BCUT2D eigenvalue weighted by Gasteiger charge is 2.22.